The van der Waals surface area contributed by atoms with E-state index < -0.39 is 0 Å². The summed E-state index contributed by atoms with van der Waals surface area (Å²) in [5.41, 5.74) is 0. The molecule has 4 saturated carbocycles. The molecule has 4 aliphatic rings. The van der Waals surface area contributed by atoms with Gasteiger partial charge >= 0.3 is 5.97 Å². The Hall–Kier alpha value is -1.12. The summed E-state index contributed by atoms with van der Waals surface area (Å²) >= 11 is 0. The SMILES string of the molecule is C=C(CC=O)OC(=O)C1C2CC3CC(C2)CC1C3. The number of hydrogen-bond acceptors (Lipinski definition) is 3. The standard InChI is InChI=1S/C15H20O3/c1-9(2-3-16)18-15(17)14-12-5-10-4-11(7-12)8-13(14)6-10/h3,10-14H,1-2,4-8H2. The molecule has 4 rings (SSSR count). The molecule has 0 aliphatic heterocycles. The Bertz CT molecular complexity index is 357. The highest BCUT2D eigenvalue weighted by molar-refractivity contribution is 5.75. The van der Waals surface area contributed by atoms with Crippen LogP contribution in [0.4, 0.5) is 0 Å². The van der Waals surface area contributed by atoms with Gasteiger partial charge in [-0.25, -0.2) is 0 Å². The molecule has 4 fully saturated rings. The van der Waals surface area contributed by atoms with Crippen LogP contribution in [0, 0.1) is 29.6 Å². The minimum Gasteiger partial charge on any atom is -0.431 e. The fourth-order valence-electron chi connectivity index (χ4n) is 4.65. The summed E-state index contributed by atoms with van der Waals surface area (Å²) in [6.07, 6.45) is 7.04. The molecule has 3 heteroatoms. The highest BCUT2D eigenvalue weighted by atomic mass is 16.5. The van der Waals surface area contributed by atoms with E-state index in [9.17, 15) is 9.59 Å². The second-order valence-electron chi connectivity index (χ2n) is 6.29. The number of hydrogen-bond donors (Lipinski definition) is 0. The van der Waals surface area contributed by atoms with E-state index in [2.05, 4.69) is 6.58 Å². The smallest absolute Gasteiger partial charge is 0.314 e. The van der Waals surface area contributed by atoms with Crippen LogP contribution < -0.4 is 0 Å². The van der Waals surface area contributed by atoms with Gasteiger partial charge in [-0.15, -0.1) is 0 Å². The second-order valence-corrected chi connectivity index (χ2v) is 6.29. The summed E-state index contributed by atoms with van der Waals surface area (Å²) in [7, 11) is 0. The summed E-state index contributed by atoms with van der Waals surface area (Å²) in [5.74, 6) is 3.00. The summed E-state index contributed by atoms with van der Waals surface area (Å²) in [6, 6.07) is 0. The normalized spacial score (nSPS) is 40.6. The minimum atomic E-state index is -0.129. The molecular weight excluding hydrogens is 228 g/mol. The van der Waals surface area contributed by atoms with Crippen molar-refractivity contribution in [3.05, 3.63) is 12.3 Å². The molecule has 0 heterocycles. The number of allylic oxidation sites excluding steroid dienone is 1. The van der Waals surface area contributed by atoms with Crippen molar-refractivity contribution < 1.29 is 14.3 Å². The first-order valence-electron chi connectivity index (χ1n) is 7.00. The molecule has 0 N–H and O–H groups in total. The van der Waals surface area contributed by atoms with Crippen LogP contribution in [0.15, 0.2) is 12.3 Å². The van der Waals surface area contributed by atoms with E-state index in [1.54, 1.807) is 0 Å². The molecule has 18 heavy (non-hydrogen) atoms. The number of carbonyl (C=O) groups is 2. The topological polar surface area (TPSA) is 43.4 Å². The number of rotatable bonds is 4. The first-order chi connectivity index (χ1) is 8.67. The Morgan fingerprint density at radius 3 is 2.17 bits per heavy atom. The molecule has 4 aliphatic carbocycles. The Balaban J connectivity index is 1.67. The molecule has 3 nitrogen and oxygen atoms in total. The maximum atomic E-state index is 12.2. The number of carbonyl (C=O) groups excluding carboxylic acids is 2. The molecule has 0 atom stereocenters. The van der Waals surface area contributed by atoms with Gasteiger partial charge in [0, 0.05) is 0 Å². The van der Waals surface area contributed by atoms with Gasteiger partial charge in [0.05, 0.1) is 12.3 Å². The molecule has 0 aromatic rings. The zero-order valence-electron chi connectivity index (χ0n) is 10.6. The van der Waals surface area contributed by atoms with Crippen molar-refractivity contribution in [3.63, 3.8) is 0 Å². The lowest BCUT2D eigenvalue weighted by atomic mass is 9.52. The Morgan fingerprint density at radius 1 is 1.11 bits per heavy atom. The summed E-state index contributed by atoms with van der Waals surface area (Å²) in [4.78, 5) is 22.6. The van der Waals surface area contributed by atoms with Gasteiger partial charge in [-0.1, -0.05) is 6.58 Å². The van der Waals surface area contributed by atoms with Crippen LogP contribution in [0.3, 0.4) is 0 Å². The van der Waals surface area contributed by atoms with Crippen LogP contribution >= 0.6 is 0 Å². The highest BCUT2D eigenvalue weighted by Gasteiger charge is 2.51. The number of esters is 1. The van der Waals surface area contributed by atoms with Crippen molar-refractivity contribution in [2.75, 3.05) is 0 Å². The van der Waals surface area contributed by atoms with Gasteiger partial charge in [-0.3, -0.25) is 4.79 Å². The number of aldehydes is 1. The van der Waals surface area contributed by atoms with Crippen LogP contribution in [0.1, 0.15) is 38.5 Å². The molecular formula is C15H20O3. The third-order valence-corrected chi connectivity index (χ3v) is 5.05. The van der Waals surface area contributed by atoms with E-state index in [1.807, 2.05) is 0 Å². The molecule has 0 unspecified atom stereocenters. The van der Waals surface area contributed by atoms with Crippen molar-refractivity contribution in [2.24, 2.45) is 29.6 Å². The lowest BCUT2D eigenvalue weighted by Gasteiger charge is -2.53. The van der Waals surface area contributed by atoms with Gasteiger partial charge in [0.25, 0.3) is 0 Å². The zero-order valence-corrected chi connectivity index (χ0v) is 10.6. The third kappa shape index (κ3) is 2.00. The zero-order chi connectivity index (χ0) is 12.7. The van der Waals surface area contributed by atoms with Gasteiger partial charge in [0.15, 0.2) is 0 Å². The second kappa shape index (κ2) is 4.52. The van der Waals surface area contributed by atoms with E-state index in [4.69, 9.17) is 4.74 Å². The first-order valence-corrected chi connectivity index (χ1v) is 7.00. The molecule has 0 aromatic heterocycles. The van der Waals surface area contributed by atoms with Gasteiger partial charge in [-0.05, 0) is 55.8 Å². The molecule has 0 spiro atoms. The molecule has 0 radical (unpaired) electrons. The highest BCUT2D eigenvalue weighted by Crippen LogP contribution is 2.56. The van der Waals surface area contributed by atoms with E-state index in [1.165, 1.54) is 32.1 Å². The number of ether oxygens (including phenoxy) is 1. The van der Waals surface area contributed by atoms with Crippen molar-refractivity contribution in [1.29, 1.82) is 0 Å². The Labute approximate surface area is 108 Å². The fourth-order valence-corrected chi connectivity index (χ4v) is 4.65. The molecule has 4 bridgehead atoms. The Morgan fingerprint density at radius 2 is 1.67 bits per heavy atom. The summed E-state index contributed by atoms with van der Waals surface area (Å²) < 4.78 is 5.25. The summed E-state index contributed by atoms with van der Waals surface area (Å²) in [6.45, 7) is 3.62. The molecule has 0 amide bonds. The van der Waals surface area contributed by atoms with Crippen LogP contribution in [-0.4, -0.2) is 12.3 Å². The van der Waals surface area contributed by atoms with Gasteiger partial charge in [0.2, 0.25) is 0 Å². The predicted octanol–water partition coefficient (Wildman–Crippen LogP) is 2.70. The average molecular weight is 248 g/mol. The van der Waals surface area contributed by atoms with Crippen molar-refractivity contribution >= 4 is 12.3 Å². The van der Waals surface area contributed by atoms with Crippen molar-refractivity contribution in [2.45, 2.75) is 38.5 Å². The van der Waals surface area contributed by atoms with E-state index in [-0.39, 0.29) is 18.3 Å². The largest absolute Gasteiger partial charge is 0.431 e. The lowest BCUT2D eigenvalue weighted by Crippen LogP contribution is -2.48. The van der Waals surface area contributed by atoms with Gasteiger partial charge in [0.1, 0.15) is 12.0 Å². The van der Waals surface area contributed by atoms with Gasteiger partial charge in [-0.2, -0.15) is 0 Å². The molecule has 98 valence electrons. The van der Waals surface area contributed by atoms with Crippen LogP contribution in [-0.2, 0) is 14.3 Å². The first kappa shape index (κ1) is 11.9. The monoisotopic (exact) mass is 248 g/mol. The van der Waals surface area contributed by atoms with E-state index in [0.29, 0.717) is 17.6 Å². The van der Waals surface area contributed by atoms with E-state index in [0.717, 1.165) is 18.1 Å². The van der Waals surface area contributed by atoms with Gasteiger partial charge < -0.3 is 9.53 Å². The van der Waals surface area contributed by atoms with E-state index >= 15 is 0 Å². The quantitative estimate of drug-likeness (QED) is 0.436. The molecule has 0 saturated heterocycles. The maximum absolute atomic E-state index is 12.2. The average Bonchev–Trinajstić information content (AvgIpc) is 2.27. The van der Waals surface area contributed by atoms with Crippen LogP contribution in [0.25, 0.3) is 0 Å². The van der Waals surface area contributed by atoms with Crippen LogP contribution in [0.2, 0.25) is 0 Å². The Kier molecular flexibility index (Phi) is 3.00. The van der Waals surface area contributed by atoms with Crippen molar-refractivity contribution in [3.8, 4) is 0 Å². The summed E-state index contributed by atoms with van der Waals surface area (Å²) in [5, 5.41) is 0. The predicted molar refractivity (Wildman–Crippen MR) is 66.4 cm³/mol. The van der Waals surface area contributed by atoms with Crippen molar-refractivity contribution in [1.82, 2.24) is 0 Å². The lowest BCUT2D eigenvalue weighted by molar-refractivity contribution is -0.158. The maximum Gasteiger partial charge on any atom is 0.314 e. The fraction of sp³-hybridized carbons (Fsp3) is 0.733. The van der Waals surface area contributed by atoms with Crippen LogP contribution in [0.5, 0.6) is 0 Å². The minimum absolute atomic E-state index is 0.0706. The third-order valence-electron chi connectivity index (χ3n) is 5.05. The molecule has 0 aromatic carbocycles.